The van der Waals surface area contributed by atoms with Gasteiger partial charge in [-0.25, -0.2) is 4.39 Å². The molecule has 1 amide bonds. The predicted molar refractivity (Wildman–Crippen MR) is 70.8 cm³/mol. The molecule has 0 atom stereocenters. The summed E-state index contributed by atoms with van der Waals surface area (Å²) in [6.45, 7) is 2.41. The molecule has 0 unspecified atom stereocenters. The Kier molecular flexibility index (Phi) is 5.10. The van der Waals surface area contributed by atoms with Gasteiger partial charge in [-0.3, -0.25) is 4.79 Å². The molecule has 96 valence electrons. The standard InChI is InChI=1S/C12H13BrFN3O/c1-3-16-10(18)7-17(2)9-5-4-8(6-15)11(13)12(9)14/h4-5H,3,7H2,1-2H3,(H,16,18). The Hall–Kier alpha value is -1.61. The number of anilines is 1. The molecule has 6 heteroatoms. The molecule has 0 saturated heterocycles. The summed E-state index contributed by atoms with van der Waals surface area (Å²) in [4.78, 5) is 12.9. The minimum atomic E-state index is -0.541. The second-order valence-electron chi connectivity index (χ2n) is 3.68. The van der Waals surface area contributed by atoms with E-state index in [9.17, 15) is 9.18 Å². The molecule has 0 spiro atoms. The molecule has 0 radical (unpaired) electrons. The van der Waals surface area contributed by atoms with Crippen LogP contribution in [0, 0.1) is 17.1 Å². The minimum Gasteiger partial charge on any atom is -0.363 e. The molecule has 0 aliphatic rings. The van der Waals surface area contributed by atoms with Gasteiger partial charge in [-0.05, 0) is 35.0 Å². The van der Waals surface area contributed by atoms with E-state index in [2.05, 4.69) is 21.2 Å². The van der Waals surface area contributed by atoms with Gasteiger partial charge in [0.05, 0.1) is 22.3 Å². The summed E-state index contributed by atoms with van der Waals surface area (Å²) < 4.78 is 14.1. The van der Waals surface area contributed by atoms with Crippen LogP contribution in [0.4, 0.5) is 10.1 Å². The number of rotatable bonds is 4. The van der Waals surface area contributed by atoms with Crippen LogP contribution in [0.5, 0.6) is 0 Å². The number of benzene rings is 1. The fraction of sp³-hybridized carbons (Fsp3) is 0.333. The molecular weight excluding hydrogens is 301 g/mol. The molecule has 1 aromatic rings. The number of likely N-dealkylation sites (N-methyl/N-ethyl adjacent to an activating group) is 2. The van der Waals surface area contributed by atoms with Gasteiger partial charge < -0.3 is 10.2 Å². The van der Waals surface area contributed by atoms with Gasteiger partial charge in [0.25, 0.3) is 0 Å². The summed E-state index contributed by atoms with van der Waals surface area (Å²) in [5, 5.41) is 11.4. The van der Waals surface area contributed by atoms with Crippen molar-refractivity contribution in [3.63, 3.8) is 0 Å². The zero-order valence-corrected chi connectivity index (χ0v) is 11.7. The number of amides is 1. The van der Waals surface area contributed by atoms with Crippen LogP contribution in [0.1, 0.15) is 12.5 Å². The van der Waals surface area contributed by atoms with Crippen LogP contribution in [0.25, 0.3) is 0 Å². The van der Waals surface area contributed by atoms with Crippen LogP contribution >= 0.6 is 15.9 Å². The van der Waals surface area contributed by atoms with Gasteiger partial charge in [0, 0.05) is 13.6 Å². The minimum absolute atomic E-state index is 0.0586. The van der Waals surface area contributed by atoms with Crippen molar-refractivity contribution in [1.29, 1.82) is 5.26 Å². The van der Waals surface area contributed by atoms with E-state index in [1.165, 1.54) is 17.0 Å². The van der Waals surface area contributed by atoms with Crippen LogP contribution < -0.4 is 10.2 Å². The summed E-state index contributed by atoms with van der Waals surface area (Å²) in [6.07, 6.45) is 0. The van der Waals surface area contributed by atoms with E-state index in [1.807, 2.05) is 13.0 Å². The van der Waals surface area contributed by atoms with Crippen molar-refractivity contribution in [2.75, 3.05) is 25.0 Å². The second kappa shape index (κ2) is 6.36. The molecule has 0 aromatic heterocycles. The van der Waals surface area contributed by atoms with E-state index in [1.54, 1.807) is 7.05 Å². The largest absolute Gasteiger partial charge is 0.363 e. The van der Waals surface area contributed by atoms with Gasteiger partial charge in [0.1, 0.15) is 6.07 Å². The van der Waals surface area contributed by atoms with Crippen LogP contribution in [0.15, 0.2) is 16.6 Å². The van der Waals surface area contributed by atoms with E-state index in [-0.39, 0.29) is 28.2 Å². The van der Waals surface area contributed by atoms with Crippen molar-refractivity contribution < 1.29 is 9.18 Å². The van der Waals surface area contributed by atoms with Crippen molar-refractivity contribution >= 4 is 27.5 Å². The van der Waals surface area contributed by atoms with E-state index >= 15 is 0 Å². The number of nitrogens with one attached hydrogen (secondary N) is 1. The number of nitrogens with zero attached hydrogens (tertiary/aromatic N) is 2. The van der Waals surface area contributed by atoms with Crippen molar-refractivity contribution in [2.45, 2.75) is 6.92 Å². The quantitative estimate of drug-likeness (QED) is 0.925. The normalized spacial score (nSPS) is 9.72. The molecule has 0 fully saturated rings. The van der Waals surface area contributed by atoms with E-state index in [4.69, 9.17) is 5.26 Å². The number of hydrogen-bond acceptors (Lipinski definition) is 3. The molecule has 0 saturated carbocycles. The Bertz CT molecular complexity index is 499. The van der Waals surface area contributed by atoms with Crippen LogP contribution in [-0.4, -0.2) is 26.0 Å². The van der Waals surface area contributed by atoms with Crippen molar-refractivity contribution in [2.24, 2.45) is 0 Å². The summed E-state index contributed by atoms with van der Waals surface area (Å²) in [6, 6.07) is 4.87. The first-order valence-corrected chi connectivity index (χ1v) is 6.16. The third-order valence-corrected chi connectivity index (χ3v) is 3.12. The molecule has 0 heterocycles. The highest BCUT2D eigenvalue weighted by Crippen LogP contribution is 2.28. The van der Waals surface area contributed by atoms with Crippen molar-refractivity contribution in [3.8, 4) is 6.07 Å². The summed E-state index contributed by atoms with van der Waals surface area (Å²) in [5.74, 6) is -0.722. The molecule has 0 bridgehead atoms. The zero-order chi connectivity index (χ0) is 13.7. The fourth-order valence-electron chi connectivity index (χ4n) is 1.47. The first kappa shape index (κ1) is 14.5. The maximum absolute atomic E-state index is 14.0. The van der Waals surface area contributed by atoms with Gasteiger partial charge in [0.2, 0.25) is 5.91 Å². The highest BCUT2D eigenvalue weighted by molar-refractivity contribution is 9.10. The lowest BCUT2D eigenvalue weighted by Crippen LogP contribution is -2.35. The lowest BCUT2D eigenvalue weighted by atomic mass is 10.2. The molecule has 18 heavy (non-hydrogen) atoms. The lowest BCUT2D eigenvalue weighted by molar-refractivity contribution is -0.119. The van der Waals surface area contributed by atoms with Gasteiger partial charge in [0.15, 0.2) is 5.82 Å². The lowest BCUT2D eigenvalue weighted by Gasteiger charge is -2.20. The summed E-state index contributed by atoms with van der Waals surface area (Å²) in [5.41, 5.74) is 0.495. The average molecular weight is 314 g/mol. The van der Waals surface area contributed by atoms with Gasteiger partial charge in [-0.2, -0.15) is 5.26 Å². The molecule has 0 aliphatic heterocycles. The highest BCUT2D eigenvalue weighted by atomic mass is 79.9. The smallest absolute Gasteiger partial charge is 0.239 e. The molecular formula is C12H13BrFN3O. The Labute approximate surface area is 114 Å². The number of carbonyl (C=O) groups excluding carboxylic acids is 1. The monoisotopic (exact) mass is 313 g/mol. The third-order valence-electron chi connectivity index (χ3n) is 2.35. The van der Waals surface area contributed by atoms with Gasteiger partial charge in [-0.15, -0.1) is 0 Å². The number of nitriles is 1. The Morgan fingerprint density at radius 3 is 2.83 bits per heavy atom. The SMILES string of the molecule is CCNC(=O)CN(C)c1ccc(C#N)c(Br)c1F. The predicted octanol–water partition coefficient (Wildman–Crippen LogP) is 2.03. The van der Waals surface area contributed by atoms with E-state index < -0.39 is 5.82 Å². The van der Waals surface area contributed by atoms with E-state index in [0.29, 0.717) is 6.54 Å². The maximum atomic E-state index is 14.0. The van der Waals surface area contributed by atoms with Crippen molar-refractivity contribution in [1.82, 2.24) is 5.32 Å². The van der Waals surface area contributed by atoms with Gasteiger partial charge in [-0.1, -0.05) is 0 Å². The third kappa shape index (κ3) is 3.20. The Morgan fingerprint density at radius 2 is 2.28 bits per heavy atom. The van der Waals surface area contributed by atoms with E-state index in [0.717, 1.165) is 0 Å². The van der Waals surface area contributed by atoms with Crippen LogP contribution in [0.2, 0.25) is 0 Å². The first-order valence-electron chi connectivity index (χ1n) is 5.37. The van der Waals surface area contributed by atoms with Crippen LogP contribution in [-0.2, 0) is 4.79 Å². The fourth-order valence-corrected chi connectivity index (χ4v) is 1.90. The average Bonchev–Trinajstić information content (AvgIpc) is 2.32. The second-order valence-corrected chi connectivity index (χ2v) is 4.47. The summed E-state index contributed by atoms with van der Waals surface area (Å²) >= 11 is 3.03. The summed E-state index contributed by atoms with van der Waals surface area (Å²) in [7, 11) is 1.62. The molecule has 1 rings (SSSR count). The Balaban J connectivity index is 2.94. The maximum Gasteiger partial charge on any atom is 0.239 e. The molecule has 0 aliphatic carbocycles. The first-order chi connectivity index (χ1) is 8.51. The Morgan fingerprint density at radius 1 is 1.61 bits per heavy atom. The molecule has 1 aromatic carbocycles. The molecule has 4 nitrogen and oxygen atoms in total. The van der Waals surface area contributed by atoms with Crippen LogP contribution in [0.3, 0.4) is 0 Å². The van der Waals surface area contributed by atoms with Gasteiger partial charge >= 0.3 is 0 Å². The zero-order valence-electron chi connectivity index (χ0n) is 10.1. The molecule has 1 N–H and O–H groups in total. The topological polar surface area (TPSA) is 56.1 Å². The number of halogens is 2. The highest BCUT2D eigenvalue weighted by Gasteiger charge is 2.15. The number of carbonyl (C=O) groups is 1. The number of hydrogen-bond donors (Lipinski definition) is 1. The van der Waals surface area contributed by atoms with Crippen molar-refractivity contribution in [3.05, 3.63) is 28.0 Å².